The third-order valence-corrected chi connectivity index (χ3v) is 2.13. The zero-order valence-electron chi connectivity index (χ0n) is 5.88. The smallest absolute Gasteiger partial charge is 0.159 e. The Bertz CT molecular complexity index is 298. The minimum absolute atomic E-state index is 0.142. The zero-order chi connectivity index (χ0) is 8.27. The van der Waals surface area contributed by atoms with Crippen molar-refractivity contribution in [3.05, 3.63) is 21.7 Å². The second-order valence-corrected chi connectivity index (χ2v) is 2.85. The van der Waals surface area contributed by atoms with Gasteiger partial charge in [0.15, 0.2) is 5.57 Å². The van der Waals surface area contributed by atoms with Crippen LogP contribution >= 0.6 is 11.8 Å². The maximum atomic E-state index is 8.47. The summed E-state index contributed by atoms with van der Waals surface area (Å²) in [6.07, 6.45) is 0. The Morgan fingerprint density at radius 1 is 1.55 bits per heavy atom. The molecule has 0 atom stereocenters. The van der Waals surface area contributed by atoms with Crippen molar-refractivity contribution < 1.29 is 0 Å². The fourth-order valence-electron chi connectivity index (χ4n) is 0.633. The molecule has 1 aliphatic rings. The highest BCUT2D eigenvalue weighted by molar-refractivity contribution is 8.06. The van der Waals surface area contributed by atoms with Crippen LogP contribution in [0.25, 0.3) is 0 Å². The SMILES string of the molecule is CC1=CSC(=C(C#N)C#N)N1. The van der Waals surface area contributed by atoms with Crippen LogP contribution in [0.1, 0.15) is 6.92 Å². The van der Waals surface area contributed by atoms with Crippen LogP contribution in [0.4, 0.5) is 0 Å². The monoisotopic (exact) mass is 163 g/mol. The average molecular weight is 163 g/mol. The number of nitrogens with zero attached hydrogens (tertiary/aromatic N) is 2. The molecule has 11 heavy (non-hydrogen) atoms. The highest BCUT2D eigenvalue weighted by Gasteiger charge is 2.10. The van der Waals surface area contributed by atoms with Crippen LogP contribution in [0.2, 0.25) is 0 Å². The van der Waals surface area contributed by atoms with Crippen molar-refractivity contribution in [3.8, 4) is 12.1 Å². The van der Waals surface area contributed by atoms with E-state index in [1.165, 1.54) is 11.8 Å². The second-order valence-electron chi connectivity index (χ2n) is 1.97. The Kier molecular flexibility index (Phi) is 2.20. The number of rotatable bonds is 0. The Labute approximate surface area is 69.0 Å². The lowest BCUT2D eigenvalue weighted by atomic mass is 10.3. The molecule has 1 heterocycles. The van der Waals surface area contributed by atoms with Gasteiger partial charge in [0.1, 0.15) is 17.2 Å². The van der Waals surface area contributed by atoms with Gasteiger partial charge < -0.3 is 5.32 Å². The number of hydrogen-bond acceptors (Lipinski definition) is 4. The molecule has 1 rings (SSSR count). The molecule has 0 spiro atoms. The first-order valence-corrected chi connectivity index (χ1v) is 3.81. The lowest BCUT2D eigenvalue weighted by Gasteiger charge is -1.96. The molecule has 4 heteroatoms. The highest BCUT2D eigenvalue weighted by atomic mass is 32.2. The lowest BCUT2D eigenvalue weighted by Crippen LogP contribution is -2.03. The maximum Gasteiger partial charge on any atom is 0.159 e. The largest absolute Gasteiger partial charge is 0.351 e. The summed E-state index contributed by atoms with van der Waals surface area (Å²) in [5, 5.41) is 22.3. The Morgan fingerprint density at radius 3 is 2.55 bits per heavy atom. The van der Waals surface area contributed by atoms with E-state index in [2.05, 4.69) is 5.32 Å². The molecular weight excluding hydrogens is 158 g/mol. The number of allylic oxidation sites excluding steroid dienone is 2. The first kappa shape index (κ1) is 7.71. The summed E-state index contributed by atoms with van der Waals surface area (Å²) in [6.45, 7) is 1.88. The maximum absolute atomic E-state index is 8.47. The summed E-state index contributed by atoms with van der Waals surface area (Å²) in [4.78, 5) is 0. The quantitative estimate of drug-likeness (QED) is 0.549. The van der Waals surface area contributed by atoms with E-state index in [1.54, 1.807) is 0 Å². The first-order valence-electron chi connectivity index (χ1n) is 2.93. The van der Waals surface area contributed by atoms with Crippen molar-refractivity contribution in [2.45, 2.75) is 6.92 Å². The number of hydrogen-bond donors (Lipinski definition) is 1. The van der Waals surface area contributed by atoms with Gasteiger partial charge in [0.2, 0.25) is 0 Å². The molecule has 0 amide bonds. The van der Waals surface area contributed by atoms with E-state index in [4.69, 9.17) is 10.5 Å². The van der Waals surface area contributed by atoms with Crippen LogP contribution in [-0.2, 0) is 0 Å². The molecule has 1 N–H and O–H groups in total. The molecule has 0 aromatic heterocycles. The van der Waals surface area contributed by atoms with E-state index in [0.717, 1.165) is 5.70 Å². The van der Waals surface area contributed by atoms with E-state index in [1.807, 2.05) is 24.5 Å². The molecule has 54 valence electrons. The Balaban J connectivity index is 2.89. The van der Waals surface area contributed by atoms with Gasteiger partial charge in [-0.2, -0.15) is 10.5 Å². The van der Waals surface area contributed by atoms with E-state index in [9.17, 15) is 0 Å². The summed E-state index contributed by atoms with van der Waals surface area (Å²) in [5.41, 5.74) is 1.11. The summed E-state index contributed by atoms with van der Waals surface area (Å²) in [5.74, 6) is 0. The minimum atomic E-state index is 0.142. The van der Waals surface area contributed by atoms with Gasteiger partial charge in [0.05, 0.1) is 0 Å². The lowest BCUT2D eigenvalue weighted by molar-refractivity contribution is 1.06. The average Bonchev–Trinajstić information content (AvgIpc) is 2.39. The highest BCUT2D eigenvalue weighted by Crippen LogP contribution is 2.26. The fourth-order valence-corrected chi connectivity index (χ4v) is 1.42. The molecule has 3 nitrogen and oxygen atoms in total. The van der Waals surface area contributed by atoms with Gasteiger partial charge in [0.25, 0.3) is 0 Å². The molecule has 1 aliphatic heterocycles. The summed E-state index contributed by atoms with van der Waals surface area (Å²) in [7, 11) is 0. The van der Waals surface area contributed by atoms with Gasteiger partial charge in [-0.3, -0.25) is 0 Å². The van der Waals surface area contributed by atoms with E-state index >= 15 is 0 Å². The molecule has 0 saturated carbocycles. The minimum Gasteiger partial charge on any atom is -0.351 e. The fraction of sp³-hybridized carbons (Fsp3) is 0.143. The molecule has 0 radical (unpaired) electrons. The van der Waals surface area contributed by atoms with Gasteiger partial charge >= 0.3 is 0 Å². The summed E-state index contributed by atoms with van der Waals surface area (Å²) < 4.78 is 0. The molecular formula is C7H5N3S. The molecule has 0 unspecified atom stereocenters. The zero-order valence-corrected chi connectivity index (χ0v) is 6.70. The van der Waals surface area contributed by atoms with Crippen LogP contribution in [0.5, 0.6) is 0 Å². The molecule has 0 fully saturated rings. The molecule has 0 aromatic carbocycles. The van der Waals surface area contributed by atoms with E-state index in [0.29, 0.717) is 5.03 Å². The summed E-state index contributed by atoms with van der Waals surface area (Å²) >= 11 is 1.37. The van der Waals surface area contributed by atoms with E-state index < -0.39 is 0 Å². The van der Waals surface area contributed by atoms with Gasteiger partial charge in [-0.25, -0.2) is 0 Å². The van der Waals surface area contributed by atoms with Gasteiger partial charge in [-0.05, 0) is 12.3 Å². The molecule has 0 aliphatic carbocycles. The normalized spacial score (nSPS) is 14.5. The third kappa shape index (κ3) is 1.54. The number of thioether (sulfide) groups is 1. The van der Waals surface area contributed by atoms with Crippen molar-refractivity contribution in [3.63, 3.8) is 0 Å². The van der Waals surface area contributed by atoms with Crippen molar-refractivity contribution in [1.29, 1.82) is 10.5 Å². The third-order valence-electron chi connectivity index (χ3n) is 1.11. The van der Waals surface area contributed by atoms with Crippen molar-refractivity contribution in [1.82, 2.24) is 5.32 Å². The van der Waals surface area contributed by atoms with Crippen molar-refractivity contribution >= 4 is 11.8 Å². The predicted molar refractivity (Wildman–Crippen MR) is 42.7 cm³/mol. The van der Waals surface area contributed by atoms with Gasteiger partial charge in [-0.15, -0.1) is 0 Å². The molecule has 0 aromatic rings. The number of nitrogens with one attached hydrogen (secondary N) is 1. The topological polar surface area (TPSA) is 59.6 Å². The van der Waals surface area contributed by atoms with Crippen LogP contribution in [0, 0.1) is 22.7 Å². The van der Waals surface area contributed by atoms with E-state index in [-0.39, 0.29) is 5.57 Å². The second kappa shape index (κ2) is 3.14. The van der Waals surface area contributed by atoms with Crippen molar-refractivity contribution in [2.75, 3.05) is 0 Å². The van der Waals surface area contributed by atoms with Gasteiger partial charge in [0, 0.05) is 5.70 Å². The summed E-state index contributed by atoms with van der Waals surface area (Å²) in [6, 6.07) is 3.63. The van der Waals surface area contributed by atoms with Crippen LogP contribution in [0.15, 0.2) is 21.7 Å². The first-order chi connectivity index (χ1) is 5.27. The van der Waals surface area contributed by atoms with Crippen LogP contribution in [0.3, 0.4) is 0 Å². The van der Waals surface area contributed by atoms with Gasteiger partial charge in [-0.1, -0.05) is 11.8 Å². The van der Waals surface area contributed by atoms with Crippen LogP contribution < -0.4 is 5.32 Å². The Morgan fingerprint density at radius 2 is 2.18 bits per heavy atom. The predicted octanol–water partition coefficient (Wildman–Crippen LogP) is 1.44. The number of nitriles is 2. The molecule has 0 bridgehead atoms. The Hall–Kier alpha value is -1.39. The van der Waals surface area contributed by atoms with Crippen LogP contribution in [-0.4, -0.2) is 0 Å². The standard InChI is InChI=1S/C7H5N3S/c1-5-4-11-7(10-5)6(2-8)3-9/h4,10H,1H3. The van der Waals surface area contributed by atoms with Crippen molar-refractivity contribution in [2.24, 2.45) is 0 Å². The molecule has 0 saturated heterocycles.